The zero-order valence-corrected chi connectivity index (χ0v) is 17.2. The molecule has 3 rings (SSSR count). The minimum absolute atomic E-state index is 0.0609. The number of aromatic nitrogens is 1. The van der Waals surface area contributed by atoms with E-state index < -0.39 is 24.4 Å². The Hall–Kier alpha value is -3.52. The third-order valence-corrected chi connectivity index (χ3v) is 5.10. The van der Waals surface area contributed by atoms with Crippen molar-refractivity contribution < 1.29 is 19.1 Å². The molecule has 0 aliphatic carbocycles. The fraction of sp³-hybridized carbons (Fsp3) is 0.182. The lowest BCUT2D eigenvalue weighted by molar-refractivity contribution is -0.130. The van der Waals surface area contributed by atoms with Gasteiger partial charge in [0.2, 0.25) is 5.91 Å². The number of amides is 2. The highest BCUT2D eigenvalue weighted by molar-refractivity contribution is 7.09. The van der Waals surface area contributed by atoms with Crippen molar-refractivity contribution in [2.75, 3.05) is 6.61 Å². The molecule has 0 saturated heterocycles. The highest BCUT2D eigenvalue weighted by Crippen LogP contribution is 2.15. The van der Waals surface area contributed by atoms with E-state index >= 15 is 0 Å². The van der Waals surface area contributed by atoms with Crippen LogP contribution in [0.1, 0.15) is 32.2 Å². The number of carbonyl (C=O) groups excluding carboxylic acids is 3. The van der Waals surface area contributed by atoms with E-state index in [9.17, 15) is 14.4 Å². The molecule has 0 aliphatic heterocycles. The molecule has 1 heterocycles. The molecule has 0 aliphatic rings. The van der Waals surface area contributed by atoms with E-state index in [1.165, 1.54) is 11.3 Å². The fourth-order valence-corrected chi connectivity index (χ4v) is 3.51. The smallest absolute Gasteiger partial charge is 0.338 e. The van der Waals surface area contributed by atoms with Crippen LogP contribution in [-0.2, 0) is 27.2 Å². The van der Waals surface area contributed by atoms with Crippen LogP contribution in [0.5, 0.6) is 0 Å². The number of benzene rings is 2. The Morgan fingerprint density at radius 3 is 2.40 bits per heavy atom. The third kappa shape index (κ3) is 6.25. The minimum Gasteiger partial charge on any atom is -0.452 e. The van der Waals surface area contributed by atoms with Gasteiger partial charge in [0.25, 0.3) is 5.91 Å². The van der Waals surface area contributed by atoms with Crippen LogP contribution in [0.3, 0.4) is 0 Å². The van der Waals surface area contributed by atoms with Crippen molar-refractivity contribution in [3.63, 3.8) is 0 Å². The third-order valence-electron chi connectivity index (χ3n) is 4.13. The first-order valence-electron chi connectivity index (χ1n) is 9.29. The van der Waals surface area contributed by atoms with Gasteiger partial charge < -0.3 is 4.74 Å². The van der Waals surface area contributed by atoms with Crippen LogP contribution < -0.4 is 10.9 Å². The molecule has 0 unspecified atom stereocenters. The minimum atomic E-state index is -0.632. The van der Waals surface area contributed by atoms with Gasteiger partial charge in [-0.25, -0.2) is 9.78 Å². The van der Waals surface area contributed by atoms with Crippen molar-refractivity contribution in [1.82, 2.24) is 15.8 Å². The lowest BCUT2D eigenvalue weighted by atomic mass is 10.00. The number of hydrazine groups is 1. The lowest BCUT2D eigenvalue weighted by Gasteiger charge is -2.10. The molecule has 0 saturated carbocycles. The van der Waals surface area contributed by atoms with Gasteiger partial charge in [0, 0.05) is 11.1 Å². The zero-order valence-electron chi connectivity index (χ0n) is 16.4. The first-order chi connectivity index (χ1) is 14.5. The SMILES string of the molecule is Cc1csc(CC(=O)NNC(=O)COC(=O)c2ccccc2Cc2ccccc2)n1. The first kappa shape index (κ1) is 21.2. The Balaban J connectivity index is 1.48. The van der Waals surface area contributed by atoms with Crippen LogP contribution in [0.2, 0.25) is 0 Å². The Bertz CT molecular complexity index is 1030. The number of nitrogens with zero attached hydrogens (tertiary/aromatic N) is 1. The predicted molar refractivity (Wildman–Crippen MR) is 113 cm³/mol. The molecule has 0 bridgehead atoms. The summed E-state index contributed by atoms with van der Waals surface area (Å²) in [7, 11) is 0. The summed E-state index contributed by atoms with van der Waals surface area (Å²) in [4.78, 5) is 40.4. The highest BCUT2D eigenvalue weighted by Gasteiger charge is 2.15. The van der Waals surface area contributed by atoms with Gasteiger partial charge in [-0.05, 0) is 30.5 Å². The monoisotopic (exact) mass is 423 g/mol. The highest BCUT2D eigenvalue weighted by atomic mass is 32.1. The standard InChI is InChI=1S/C22H21N3O4S/c1-15-14-30-21(23-15)12-19(26)24-25-20(27)13-29-22(28)18-10-6-5-9-17(18)11-16-7-3-2-4-8-16/h2-10,14H,11-13H2,1H3,(H,24,26)(H,25,27). The number of aryl methyl sites for hydroxylation is 1. The molecule has 2 N–H and O–H groups in total. The molecule has 7 nitrogen and oxygen atoms in total. The van der Waals surface area contributed by atoms with Gasteiger partial charge in [-0.3, -0.25) is 20.4 Å². The van der Waals surface area contributed by atoms with Crippen LogP contribution in [0.4, 0.5) is 0 Å². The van der Waals surface area contributed by atoms with Crippen LogP contribution in [0.15, 0.2) is 60.0 Å². The van der Waals surface area contributed by atoms with E-state index in [0.29, 0.717) is 17.0 Å². The molecule has 2 aromatic carbocycles. The maximum absolute atomic E-state index is 12.4. The molecular formula is C22H21N3O4S. The van der Waals surface area contributed by atoms with E-state index in [-0.39, 0.29) is 6.42 Å². The van der Waals surface area contributed by atoms with Crippen molar-refractivity contribution in [2.45, 2.75) is 19.8 Å². The van der Waals surface area contributed by atoms with Gasteiger partial charge in [-0.15, -0.1) is 11.3 Å². The molecule has 8 heteroatoms. The number of ether oxygens (including phenoxy) is 1. The quantitative estimate of drug-likeness (QED) is 0.450. The summed E-state index contributed by atoms with van der Waals surface area (Å²) in [5.74, 6) is -1.63. The summed E-state index contributed by atoms with van der Waals surface area (Å²) in [6, 6.07) is 16.9. The van der Waals surface area contributed by atoms with E-state index in [4.69, 9.17) is 4.74 Å². The summed E-state index contributed by atoms with van der Waals surface area (Å²) >= 11 is 1.37. The van der Waals surface area contributed by atoms with Crippen molar-refractivity contribution in [1.29, 1.82) is 0 Å². The molecule has 0 fully saturated rings. The van der Waals surface area contributed by atoms with E-state index in [1.54, 1.807) is 12.1 Å². The zero-order chi connectivity index (χ0) is 21.3. The second-order valence-corrected chi connectivity index (χ2v) is 7.49. The van der Waals surface area contributed by atoms with Gasteiger partial charge in [0.05, 0.1) is 12.0 Å². The van der Waals surface area contributed by atoms with Crippen molar-refractivity contribution in [3.8, 4) is 0 Å². The van der Waals surface area contributed by atoms with Gasteiger partial charge >= 0.3 is 5.97 Å². The number of esters is 1. The second-order valence-electron chi connectivity index (χ2n) is 6.55. The normalized spacial score (nSPS) is 10.3. The number of hydrogen-bond donors (Lipinski definition) is 2. The average Bonchev–Trinajstić information content (AvgIpc) is 3.16. The van der Waals surface area contributed by atoms with Crippen LogP contribution >= 0.6 is 11.3 Å². The first-order valence-corrected chi connectivity index (χ1v) is 10.2. The molecule has 3 aromatic rings. The van der Waals surface area contributed by atoms with Gasteiger partial charge in [0.15, 0.2) is 6.61 Å². The number of rotatable bonds is 7. The van der Waals surface area contributed by atoms with Crippen molar-refractivity contribution in [2.24, 2.45) is 0 Å². The summed E-state index contributed by atoms with van der Waals surface area (Å²) in [6.07, 6.45) is 0.635. The summed E-state index contributed by atoms with van der Waals surface area (Å²) in [5.41, 5.74) is 7.63. The lowest BCUT2D eigenvalue weighted by Crippen LogP contribution is -2.44. The predicted octanol–water partition coefficient (Wildman–Crippen LogP) is 2.59. The van der Waals surface area contributed by atoms with Gasteiger partial charge in [-0.2, -0.15) is 0 Å². The number of hydrogen-bond acceptors (Lipinski definition) is 6. The molecule has 1 aromatic heterocycles. The molecule has 2 amide bonds. The maximum atomic E-state index is 12.4. The van der Waals surface area contributed by atoms with Crippen LogP contribution in [-0.4, -0.2) is 29.4 Å². The summed E-state index contributed by atoms with van der Waals surface area (Å²) in [5, 5.41) is 2.50. The average molecular weight is 423 g/mol. The second kappa shape index (κ2) is 10.3. The van der Waals surface area contributed by atoms with Gasteiger partial charge in [-0.1, -0.05) is 48.5 Å². The Morgan fingerprint density at radius 2 is 1.67 bits per heavy atom. The molecule has 0 radical (unpaired) electrons. The Labute approximate surface area is 178 Å². The molecular weight excluding hydrogens is 402 g/mol. The largest absolute Gasteiger partial charge is 0.452 e. The van der Waals surface area contributed by atoms with E-state index in [2.05, 4.69) is 15.8 Å². The molecule has 0 spiro atoms. The van der Waals surface area contributed by atoms with Crippen LogP contribution in [0, 0.1) is 6.92 Å². The van der Waals surface area contributed by atoms with E-state index in [1.807, 2.05) is 54.8 Å². The van der Waals surface area contributed by atoms with Crippen molar-refractivity contribution >= 4 is 29.1 Å². The van der Waals surface area contributed by atoms with Crippen molar-refractivity contribution in [3.05, 3.63) is 87.4 Å². The van der Waals surface area contributed by atoms with Gasteiger partial charge in [0.1, 0.15) is 5.01 Å². The fourth-order valence-electron chi connectivity index (χ4n) is 2.74. The number of nitrogens with one attached hydrogen (secondary N) is 2. The van der Waals surface area contributed by atoms with E-state index in [0.717, 1.165) is 16.8 Å². The topological polar surface area (TPSA) is 97.4 Å². The maximum Gasteiger partial charge on any atom is 0.338 e. The number of thiazole rings is 1. The summed E-state index contributed by atoms with van der Waals surface area (Å²) in [6.45, 7) is 1.33. The van der Waals surface area contributed by atoms with Crippen LogP contribution in [0.25, 0.3) is 0 Å². The summed E-state index contributed by atoms with van der Waals surface area (Å²) < 4.78 is 5.11. The molecule has 0 atom stereocenters. The Morgan fingerprint density at radius 1 is 0.967 bits per heavy atom. The Kier molecular flexibility index (Phi) is 7.29. The molecule has 30 heavy (non-hydrogen) atoms. The molecule has 154 valence electrons. The number of carbonyl (C=O) groups is 3.